The van der Waals surface area contributed by atoms with Crippen LogP contribution in [0.4, 0.5) is 0 Å². The van der Waals surface area contributed by atoms with Gasteiger partial charge in [0, 0.05) is 5.56 Å². The maximum Gasteiger partial charge on any atom is 0.197 e. The van der Waals surface area contributed by atoms with Crippen LogP contribution in [0, 0.1) is 0 Å². The number of H-pyrrole nitrogens is 1. The summed E-state index contributed by atoms with van der Waals surface area (Å²) < 4.78 is 12.0. The molecule has 0 atom stereocenters. The number of hydrogen-bond acceptors (Lipinski definition) is 6. The van der Waals surface area contributed by atoms with Crippen molar-refractivity contribution in [3.8, 4) is 28.7 Å². The van der Waals surface area contributed by atoms with Crippen LogP contribution in [0.1, 0.15) is 12.5 Å². The number of fused-ring (bicyclic) bond motifs is 1. The Morgan fingerprint density at radius 2 is 1.79 bits per heavy atom. The molecule has 0 aliphatic rings. The fourth-order valence-electron chi connectivity index (χ4n) is 3.45. The molecular weight excluding hydrogens is 434 g/mol. The van der Waals surface area contributed by atoms with Crippen LogP contribution in [0.3, 0.4) is 0 Å². The Bertz CT molecular complexity index is 1420. The van der Waals surface area contributed by atoms with Gasteiger partial charge in [-0.2, -0.15) is 0 Å². The highest BCUT2D eigenvalue weighted by Crippen LogP contribution is 2.30. The third-order valence-corrected chi connectivity index (χ3v) is 6.06. The Morgan fingerprint density at radius 1 is 0.939 bits per heavy atom. The van der Waals surface area contributed by atoms with E-state index >= 15 is 0 Å². The Hall–Kier alpha value is -3.84. The third-order valence-electron chi connectivity index (χ3n) is 5.06. The number of furan rings is 1. The van der Waals surface area contributed by atoms with E-state index in [9.17, 15) is 4.79 Å². The van der Waals surface area contributed by atoms with Gasteiger partial charge in [-0.1, -0.05) is 60.3 Å². The summed E-state index contributed by atoms with van der Waals surface area (Å²) in [7, 11) is 0. The third kappa shape index (κ3) is 4.99. The number of carbonyl (C=O) groups excluding carboxylic acids is 1. The van der Waals surface area contributed by atoms with Crippen LogP contribution in [0.5, 0.6) is 5.75 Å². The quantitative estimate of drug-likeness (QED) is 0.283. The molecule has 1 N–H and O–H groups in total. The Morgan fingerprint density at radius 3 is 2.67 bits per heavy atom. The van der Waals surface area contributed by atoms with Crippen molar-refractivity contribution >= 4 is 28.3 Å². The van der Waals surface area contributed by atoms with E-state index < -0.39 is 0 Å². The molecule has 2 heterocycles. The van der Waals surface area contributed by atoms with Gasteiger partial charge in [0.15, 0.2) is 16.7 Å². The van der Waals surface area contributed by atoms with E-state index in [1.54, 1.807) is 6.92 Å². The van der Waals surface area contributed by atoms with Crippen LogP contribution < -0.4 is 4.74 Å². The normalized spacial score (nSPS) is 11.1. The van der Waals surface area contributed by atoms with Crippen molar-refractivity contribution in [1.29, 1.82) is 0 Å². The molecule has 33 heavy (non-hydrogen) atoms. The smallest absolute Gasteiger partial charge is 0.197 e. The minimum Gasteiger partial charge on any atom is -0.489 e. The molecule has 3 aromatic carbocycles. The Balaban J connectivity index is 1.28. The second-order valence-corrected chi connectivity index (χ2v) is 8.60. The van der Waals surface area contributed by atoms with Crippen LogP contribution >= 0.6 is 11.8 Å². The van der Waals surface area contributed by atoms with Gasteiger partial charge in [-0.15, -0.1) is 10.2 Å². The number of hydrogen-bond donors (Lipinski definition) is 1. The van der Waals surface area contributed by atoms with E-state index in [4.69, 9.17) is 9.15 Å². The van der Waals surface area contributed by atoms with Crippen LogP contribution in [0.25, 0.3) is 33.7 Å². The van der Waals surface area contributed by atoms with Gasteiger partial charge in [0.1, 0.15) is 23.9 Å². The standard InChI is InChI=1S/C26H21N3O3S/c1-17(30)16-33-26-27-25(28-29-26)24-12-11-23(32-24)21-7-4-8-22(14-21)31-15-18-9-10-19-5-2-3-6-20(19)13-18/h2-14H,15-16H2,1H3,(H,27,28,29). The van der Waals surface area contributed by atoms with Gasteiger partial charge in [-0.3, -0.25) is 4.79 Å². The van der Waals surface area contributed by atoms with Crippen molar-refractivity contribution in [3.05, 3.63) is 84.4 Å². The van der Waals surface area contributed by atoms with Crippen molar-refractivity contribution in [2.75, 3.05) is 5.75 Å². The monoisotopic (exact) mass is 455 g/mol. The molecule has 0 aliphatic heterocycles. The summed E-state index contributed by atoms with van der Waals surface area (Å²) in [6, 6.07) is 26.2. The summed E-state index contributed by atoms with van der Waals surface area (Å²) in [6.07, 6.45) is 0. The molecule has 5 rings (SSSR count). The lowest BCUT2D eigenvalue weighted by Gasteiger charge is -2.08. The van der Waals surface area contributed by atoms with Gasteiger partial charge in [0.05, 0.1) is 5.75 Å². The number of aromatic nitrogens is 3. The van der Waals surface area contributed by atoms with Crippen molar-refractivity contribution in [1.82, 2.24) is 15.2 Å². The average Bonchev–Trinajstić information content (AvgIpc) is 3.51. The number of ether oxygens (including phenoxy) is 1. The molecule has 0 saturated carbocycles. The molecule has 0 unspecified atom stereocenters. The fraction of sp³-hybridized carbons (Fsp3) is 0.115. The molecule has 7 heteroatoms. The highest BCUT2D eigenvalue weighted by Gasteiger charge is 2.12. The molecule has 0 radical (unpaired) electrons. The minimum absolute atomic E-state index is 0.0842. The fourth-order valence-corrected chi connectivity index (χ4v) is 4.05. The molecule has 0 saturated heterocycles. The number of ketones is 1. The first-order valence-corrected chi connectivity index (χ1v) is 11.5. The predicted molar refractivity (Wildman–Crippen MR) is 129 cm³/mol. The molecule has 0 spiro atoms. The predicted octanol–water partition coefficient (Wildman–Crippen LogP) is 6.15. The highest BCUT2D eigenvalue weighted by atomic mass is 32.2. The van der Waals surface area contributed by atoms with Gasteiger partial charge in [-0.25, -0.2) is 0 Å². The van der Waals surface area contributed by atoms with E-state index in [-0.39, 0.29) is 5.78 Å². The van der Waals surface area contributed by atoms with E-state index in [0.717, 1.165) is 16.9 Å². The van der Waals surface area contributed by atoms with Gasteiger partial charge in [0.2, 0.25) is 0 Å². The topological polar surface area (TPSA) is 81.0 Å². The molecule has 0 bridgehead atoms. The van der Waals surface area contributed by atoms with E-state index in [2.05, 4.69) is 45.5 Å². The second-order valence-electron chi connectivity index (χ2n) is 7.63. The lowest BCUT2D eigenvalue weighted by atomic mass is 10.1. The first-order valence-electron chi connectivity index (χ1n) is 10.5. The maximum absolute atomic E-state index is 11.1. The highest BCUT2D eigenvalue weighted by molar-refractivity contribution is 7.99. The lowest BCUT2D eigenvalue weighted by Crippen LogP contribution is -1.95. The van der Waals surface area contributed by atoms with E-state index in [1.807, 2.05) is 48.5 Å². The lowest BCUT2D eigenvalue weighted by molar-refractivity contribution is -0.114. The zero-order valence-electron chi connectivity index (χ0n) is 17.9. The van der Waals surface area contributed by atoms with E-state index in [1.165, 1.54) is 22.5 Å². The number of nitrogens with zero attached hydrogens (tertiary/aromatic N) is 2. The van der Waals surface area contributed by atoms with Crippen molar-refractivity contribution in [2.24, 2.45) is 0 Å². The zero-order valence-corrected chi connectivity index (χ0v) is 18.8. The number of nitrogens with one attached hydrogen (secondary N) is 1. The van der Waals surface area contributed by atoms with Gasteiger partial charge in [0.25, 0.3) is 0 Å². The zero-order chi connectivity index (χ0) is 22.6. The molecule has 0 aliphatic carbocycles. The number of benzene rings is 3. The number of Topliss-reactive ketones (excluding diaryl/α,β-unsaturated/α-hetero) is 1. The molecular formula is C26H21N3O3S. The van der Waals surface area contributed by atoms with Crippen LogP contribution in [0.2, 0.25) is 0 Å². The molecule has 6 nitrogen and oxygen atoms in total. The van der Waals surface area contributed by atoms with Crippen LogP contribution in [-0.2, 0) is 11.4 Å². The first kappa shape index (κ1) is 21.0. The van der Waals surface area contributed by atoms with Crippen molar-refractivity contribution in [3.63, 3.8) is 0 Å². The van der Waals surface area contributed by atoms with Crippen molar-refractivity contribution < 1.29 is 13.9 Å². The number of aromatic amines is 1. The minimum atomic E-state index is 0.0842. The second kappa shape index (κ2) is 9.34. The molecule has 2 aromatic heterocycles. The molecule has 0 fully saturated rings. The average molecular weight is 456 g/mol. The summed E-state index contributed by atoms with van der Waals surface area (Å²) in [5.41, 5.74) is 2.02. The van der Waals surface area contributed by atoms with Crippen molar-refractivity contribution in [2.45, 2.75) is 18.7 Å². The molecule has 0 amide bonds. The van der Waals surface area contributed by atoms with Gasteiger partial charge >= 0.3 is 0 Å². The van der Waals surface area contributed by atoms with E-state index in [0.29, 0.717) is 34.9 Å². The molecule has 5 aromatic rings. The summed E-state index contributed by atoms with van der Waals surface area (Å²) in [5.74, 6) is 3.01. The number of carbonyl (C=O) groups is 1. The summed E-state index contributed by atoms with van der Waals surface area (Å²) in [4.78, 5) is 14.2. The van der Waals surface area contributed by atoms with Gasteiger partial charge in [-0.05, 0) is 53.6 Å². The number of thioether (sulfide) groups is 1. The van der Waals surface area contributed by atoms with Crippen LogP contribution in [-0.4, -0.2) is 26.7 Å². The summed E-state index contributed by atoms with van der Waals surface area (Å²) in [5, 5.41) is 11.2. The van der Waals surface area contributed by atoms with Gasteiger partial charge < -0.3 is 14.1 Å². The summed E-state index contributed by atoms with van der Waals surface area (Å²) >= 11 is 1.32. The first-order chi connectivity index (χ1) is 16.1. The largest absolute Gasteiger partial charge is 0.489 e. The maximum atomic E-state index is 11.1. The SMILES string of the molecule is CC(=O)CSc1nnc(-c2ccc(-c3cccc(OCc4ccc5ccccc5c4)c3)o2)[nH]1. The summed E-state index contributed by atoms with van der Waals surface area (Å²) in [6.45, 7) is 2.03. The molecule has 164 valence electrons. The Labute approximate surface area is 195 Å². The number of rotatable bonds is 8. The Kier molecular flexibility index (Phi) is 5.95. The van der Waals surface area contributed by atoms with Crippen LogP contribution in [0.15, 0.2) is 88.4 Å².